The van der Waals surface area contributed by atoms with Crippen LogP contribution in [0, 0.1) is 12.7 Å². The number of anilines is 1. The molecule has 0 bridgehead atoms. The zero-order chi connectivity index (χ0) is 15.1. The molecule has 0 aromatic heterocycles. The number of carbonyl (C=O) groups excluding carboxylic acids is 1. The summed E-state index contributed by atoms with van der Waals surface area (Å²) in [7, 11) is 0. The Balaban J connectivity index is 2.58. The lowest BCUT2D eigenvalue weighted by Gasteiger charge is -2.20. The Labute approximate surface area is 115 Å². The third kappa shape index (κ3) is 5.58. The highest BCUT2D eigenvalue weighted by molar-refractivity contribution is 5.92. The molecule has 2 N–H and O–H groups in total. The third-order valence-electron chi connectivity index (χ3n) is 2.64. The Morgan fingerprint density at radius 3 is 2.70 bits per heavy atom. The molecule has 1 aromatic carbocycles. The topological polar surface area (TPSA) is 52.6 Å². The van der Waals surface area contributed by atoms with E-state index in [1.807, 2.05) is 0 Å². The first-order valence-corrected chi connectivity index (χ1v) is 6.09. The molecule has 0 aliphatic heterocycles. The molecule has 0 aliphatic carbocycles. The largest absolute Gasteiger partial charge is 0.395 e. The standard InChI is InChI=1S/C13H17F3N2O2/c1-9-2-3-10(6-11(9)14)17-13(20)8-18(4-5-19)7-12(15)16/h2-3,6,12,19H,4-5,7-8H2,1H3,(H,17,20). The van der Waals surface area contributed by atoms with E-state index in [1.165, 1.54) is 12.1 Å². The number of nitrogens with zero attached hydrogens (tertiary/aromatic N) is 1. The Morgan fingerprint density at radius 2 is 2.15 bits per heavy atom. The predicted molar refractivity (Wildman–Crippen MR) is 69.3 cm³/mol. The number of halogens is 3. The van der Waals surface area contributed by atoms with Crippen LogP contribution < -0.4 is 5.32 Å². The normalized spacial score (nSPS) is 11.2. The van der Waals surface area contributed by atoms with Crippen molar-refractivity contribution in [3.05, 3.63) is 29.6 Å². The van der Waals surface area contributed by atoms with Crippen molar-refractivity contribution in [2.75, 3.05) is 31.6 Å². The molecule has 0 aliphatic rings. The van der Waals surface area contributed by atoms with Gasteiger partial charge in [0.2, 0.25) is 5.91 Å². The third-order valence-corrected chi connectivity index (χ3v) is 2.64. The van der Waals surface area contributed by atoms with Crippen molar-refractivity contribution in [2.45, 2.75) is 13.3 Å². The van der Waals surface area contributed by atoms with Gasteiger partial charge < -0.3 is 10.4 Å². The minimum atomic E-state index is -2.59. The number of rotatable bonds is 7. The molecule has 1 amide bonds. The smallest absolute Gasteiger partial charge is 0.251 e. The molecule has 0 saturated heterocycles. The maximum Gasteiger partial charge on any atom is 0.251 e. The number of alkyl halides is 2. The fourth-order valence-corrected chi connectivity index (χ4v) is 1.65. The maximum atomic E-state index is 13.3. The number of aliphatic hydroxyl groups is 1. The monoisotopic (exact) mass is 290 g/mol. The van der Waals surface area contributed by atoms with Crippen molar-refractivity contribution in [1.29, 1.82) is 0 Å². The highest BCUT2D eigenvalue weighted by Crippen LogP contribution is 2.13. The summed E-state index contributed by atoms with van der Waals surface area (Å²) in [6.07, 6.45) is -2.59. The van der Waals surface area contributed by atoms with Crippen molar-refractivity contribution in [3.8, 4) is 0 Å². The summed E-state index contributed by atoms with van der Waals surface area (Å²) < 4.78 is 37.8. The molecule has 0 fully saturated rings. The summed E-state index contributed by atoms with van der Waals surface area (Å²) in [6, 6.07) is 4.20. The van der Waals surface area contributed by atoms with Gasteiger partial charge >= 0.3 is 0 Å². The van der Waals surface area contributed by atoms with Crippen molar-refractivity contribution < 1.29 is 23.1 Å². The van der Waals surface area contributed by atoms with E-state index < -0.39 is 24.7 Å². The number of hydrogen-bond donors (Lipinski definition) is 2. The van der Waals surface area contributed by atoms with E-state index in [0.717, 1.165) is 11.0 Å². The summed E-state index contributed by atoms with van der Waals surface area (Å²) >= 11 is 0. The lowest BCUT2D eigenvalue weighted by atomic mass is 10.2. The van der Waals surface area contributed by atoms with Crippen LogP contribution in [0.25, 0.3) is 0 Å². The van der Waals surface area contributed by atoms with E-state index in [-0.39, 0.29) is 25.4 Å². The van der Waals surface area contributed by atoms with E-state index in [1.54, 1.807) is 6.92 Å². The lowest BCUT2D eigenvalue weighted by molar-refractivity contribution is -0.117. The minimum absolute atomic E-state index is 0.0278. The molecule has 4 nitrogen and oxygen atoms in total. The summed E-state index contributed by atoms with van der Waals surface area (Å²) in [4.78, 5) is 12.8. The average molecular weight is 290 g/mol. The van der Waals surface area contributed by atoms with Gasteiger partial charge in [0, 0.05) is 12.2 Å². The van der Waals surface area contributed by atoms with Gasteiger partial charge in [0.25, 0.3) is 6.43 Å². The first-order chi connectivity index (χ1) is 9.42. The quantitative estimate of drug-likeness (QED) is 0.802. The van der Waals surface area contributed by atoms with E-state index in [2.05, 4.69) is 5.32 Å². The molecule has 20 heavy (non-hydrogen) atoms. The van der Waals surface area contributed by atoms with E-state index in [0.29, 0.717) is 5.56 Å². The second kappa shape index (κ2) is 7.86. The predicted octanol–water partition coefficient (Wildman–Crippen LogP) is 1.63. The molecule has 0 atom stereocenters. The zero-order valence-corrected chi connectivity index (χ0v) is 11.1. The van der Waals surface area contributed by atoms with Gasteiger partial charge in [-0.3, -0.25) is 9.69 Å². The SMILES string of the molecule is Cc1ccc(NC(=O)CN(CCO)CC(F)F)cc1F. The number of nitrogens with one attached hydrogen (secondary N) is 1. The van der Waals surface area contributed by atoms with Gasteiger partial charge in [0.15, 0.2) is 0 Å². The molecule has 1 aromatic rings. The van der Waals surface area contributed by atoms with Crippen LogP contribution in [0.3, 0.4) is 0 Å². The Morgan fingerprint density at radius 1 is 1.45 bits per heavy atom. The van der Waals surface area contributed by atoms with Crippen LogP contribution in [-0.2, 0) is 4.79 Å². The van der Waals surface area contributed by atoms with Gasteiger partial charge in [-0.2, -0.15) is 0 Å². The number of benzene rings is 1. The van der Waals surface area contributed by atoms with E-state index in [4.69, 9.17) is 5.11 Å². The molecule has 0 spiro atoms. The van der Waals surface area contributed by atoms with Crippen LogP contribution in [0.4, 0.5) is 18.9 Å². The highest BCUT2D eigenvalue weighted by Gasteiger charge is 2.15. The summed E-state index contributed by atoms with van der Waals surface area (Å²) in [5.74, 6) is -0.995. The Kier molecular flexibility index (Phi) is 6.47. The fraction of sp³-hybridized carbons (Fsp3) is 0.462. The van der Waals surface area contributed by atoms with Crippen molar-refractivity contribution in [1.82, 2.24) is 4.90 Å². The molecule has 0 unspecified atom stereocenters. The number of carbonyl (C=O) groups is 1. The molecular formula is C13H17F3N2O2. The van der Waals surface area contributed by atoms with Gasteiger partial charge in [-0.25, -0.2) is 13.2 Å². The molecule has 0 saturated carbocycles. The van der Waals surface area contributed by atoms with Crippen LogP contribution in [0.2, 0.25) is 0 Å². The lowest BCUT2D eigenvalue weighted by Crippen LogP contribution is -2.38. The zero-order valence-electron chi connectivity index (χ0n) is 11.1. The second-order valence-corrected chi connectivity index (χ2v) is 4.36. The number of aliphatic hydroxyl groups excluding tert-OH is 1. The average Bonchev–Trinajstić information content (AvgIpc) is 2.33. The Hall–Kier alpha value is -1.60. The maximum absolute atomic E-state index is 13.3. The number of amides is 1. The summed E-state index contributed by atoms with van der Waals surface area (Å²) in [5, 5.41) is 11.2. The molecule has 0 radical (unpaired) electrons. The molecule has 7 heteroatoms. The van der Waals surface area contributed by atoms with Crippen molar-refractivity contribution in [2.24, 2.45) is 0 Å². The van der Waals surface area contributed by atoms with Crippen LogP contribution >= 0.6 is 0 Å². The molecular weight excluding hydrogens is 273 g/mol. The van der Waals surface area contributed by atoms with Crippen LogP contribution in [0.15, 0.2) is 18.2 Å². The van der Waals surface area contributed by atoms with E-state index >= 15 is 0 Å². The van der Waals surface area contributed by atoms with Crippen LogP contribution in [-0.4, -0.2) is 48.6 Å². The minimum Gasteiger partial charge on any atom is -0.395 e. The van der Waals surface area contributed by atoms with Gasteiger partial charge in [-0.1, -0.05) is 6.07 Å². The summed E-state index contributed by atoms with van der Waals surface area (Å²) in [5.41, 5.74) is 0.710. The first kappa shape index (κ1) is 16.5. The highest BCUT2D eigenvalue weighted by atomic mass is 19.3. The number of aryl methyl sites for hydroxylation is 1. The molecule has 112 valence electrons. The summed E-state index contributed by atoms with van der Waals surface area (Å²) in [6.45, 7) is 0.350. The van der Waals surface area contributed by atoms with Gasteiger partial charge in [-0.15, -0.1) is 0 Å². The van der Waals surface area contributed by atoms with Gasteiger partial charge in [0.05, 0.1) is 19.7 Å². The first-order valence-electron chi connectivity index (χ1n) is 6.09. The van der Waals surface area contributed by atoms with Crippen molar-refractivity contribution in [3.63, 3.8) is 0 Å². The van der Waals surface area contributed by atoms with E-state index in [9.17, 15) is 18.0 Å². The number of hydrogen-bond acceptors (Lipinski definition) is 3. The molecule has 1 rings (SSSR count). The fourth-order valence-electron chi connectivity index (χ4n) is 1.65. The van der Waals surface area contributed by atoms with Crippen molar-refractivity contribution >= 4 is 11.6 Å². The van der Waals surface area contributed by atoms with Gasteiger partial charge in [-0.05, 0) is 24.6 Å². The second-order valence-electron chi connectivity index (χ2n) is 4.36. The van der Waals surface area contributed by atoms with Gasteiger partial charge in [0.1, 0.15) is 5.82 Å². The molecule has 0 heterocycles. The Bertz CT molecular complexity index is 455. The van der Waals surface area contributed by atoms with Crippen LogP contribution in [0.5, 0.6) is 0 Å². The van der Waals surface area contributed by atoms with Crippen LogP contribution in [0.1, 0.15) is 5.56 Å².